The molecule has 2 heterocycles. The second-order valence-corrected chi connectivity index (χ2v) is 12.3. The molecule has 0 spiro atoms. The van der Waals surface area contributed by atoms with E-state index < -0.39 is 23.6 Å². The lowest BCUT2D eigenvalue weighted by atomic mass is 9.82. The maximum atomic E-state index is 13.9. The van der Waals surface area contributed by atoms with Crippen LogP contribution in [0.3, 0.4) is 0 Å². The summed E-state index contributed by atoms with van der Waals surface area (Å²) in [7, 11) is 0. The van der Waals surface area contributed by atoms with Crippen LogP contribution in [0.2, 0.25) is 0 Å². The lowest BCUT2D eigenvalue weighted by Gasteiger charge is -2.30. The first-order valence-corrected chi connectivity index (χ1v) is 15.4. The van der Waals surface area contributed by atoms with Crippen LogP contribution in [0, 0.1) is 0 Å². The van der Waals surface area contributed by atoms with Crippen LogP contribution >= 0.6 is 0 Å². The molecular formula is C40H22N2O6. The zero-order valence-corrected chi connectivity index (χ0v) is 25.2. The topological polar surface area (TPSA) is 109 Å². The van der Waals surface area contributed by atoms with Crippen molar-refractivity contribution in [2.24, 2.45) is 0 Å². The van der Waals surface area contributed by atoms with E-state index in [0.717, 1.165) is 56.0 Å². The first-order chi connectivity index (χ1) is 23.4. The summed E-state index contributed by atoms with van der Waals surface area (Å²) in [6.45, 7) is 0.135. The zero-order valence-electron chi connectivity index (χ0n) is 25.2. The van der Waals surface area contributed by atoms with E-state index in [1.54, 1.807) is 72.8 Å². The molecule has 8 heteroatoms. The third kappa shape index (κ3) is 3.71. The quantitative estimate of drug-likeness (QED) is 0.0855. The van der Waals surface area contributed by atoms with Gasteiger partial charge in [-0.15, -0.1) is 0 Å². The average Bonchev–Trinajstić information content (AvgIpc) is 3.13. The summed E-state index contributed by atoms with van der Waals surface area (Å²) < 4.78 is 0. The van der Waals surface area contributed by atoms with Crippen molar-refractivity contribution in [3.63, 3.8) is 0 Å². The Morgan fingerprint density at radius 2 is 0.667 bits per heavy atom. The van der Waals surface area contributed by atoms with Crippen molar-refractivity contribution in [3.05, 3.63) is 142 Å². The number of rotatable bonds is 6. The number of imide groups is 2. The molecule has 7 aromatic rings. The molecule has 0 atom stereocenters. The van der Waals surface area contributed by atoms with Crippen LogP contribution in [0.5, 0.6) is 0 Å². The first-order valence-electron chi connectivity index (χ1n) is 15.4. The number of hydrogen-bond acceptors (Lipinski definition) is 6. The summed E-state index contributed by atoms with van der Waals surface area (Å²) in [5, 5.41) is 6.01. The molecule has 7 aromatic carbocycles. The van der Waals surface area contributed by atoms with Crippen LogP contribution in [0.1, 0.15) is 73.3 Å². The Morgan fingerprint density at radius 3 is 0.938 bits per heavy atom. The van der Waals surface area contributed by atoms with Crippen molar-refractivity contribution in [2.75, 3.05) is 0 Å². The second kappa shape index (κ2) is 9.98. The Morgan fingerprint density at radius 1 is 0.375 bits per heavy atom. The van der Waals surface area contributed by atoms with E-state index in [2.05, 4.69) is 0 Å². The summed E-state index contributed by atoms with van der Waals surface area (Å²) in [6, 6.07) is 28.0. The Kier molecular flexibility index (Phi) is 5.77. The van der Waals surface area contributed by atoms with Crippen LogP contribution in [-0.4, -0.2) is 46.0 Å². The molecule has 9 rings (SSSR count). The largest absolute Gasteiger partial charge is 0.298 e. The Labute approximate surface area is 272 Å². The molecule has 0 N–H and O–H groups in total. The molecule has 48 heavy (non-hydrogen) atoms. The molecule has 0 fully saturated rings. The molecule has 0 radical (unpaired) electrons. The smallest absolute Gasteiger partial charge is 0.261 e. The van der Waals surface area contributed by atoms with E-state index in [0.29, 0.717) is 44.2 Å². The van der Waals surface area contributed by atoms with Gasteiger partial charge in [0, 0.05) is 44.2 Å². The van der Waals surface area contributed by atoms with Gasteiger partial charge in [0.2, 0.25) is 0 Å². The minimum atomic E-state index is -0.399. The third-order valence-corrected chi connectivity index (χ3v) is 9.72. The SMILES string of the molecule is O=Cc1ccc(CN2C(=O)c3ccc4c5ccc6c7c(ccc(c8ccc(c3c48)C2=O)c75)C(=O)N(Cc2ccc(C=O)cc2)C6=O)cc1. The highest BCUT2D eigenvalue weighted by atomic mass is 16.2. The highest BCUT2D eigenvalue weighted by Gasteiger charge is 2.37. The van der Waals surface area contributed by atoms with E-state index in [-0.39, 0.29) is 13.1 Å². The minimum Gasteiger partial charge on any atom is -0.298 e. The van der Waals surface area contributed by atoms with E-state index in [1.165, 1.54) is 9.80 Å². The number of carbonyl (C=O) groups is 6. The van der Waals surface area contributed by atoms with E-state index >= 15 is 0 Å². The molecule has 8 nitrogen and oxygen atoms in total. The average molecular weight is 627 g/mol. The minimum absolute atomic E-state index is 0.0675. The van der Waals surface area contributed by atoms with Gasteiger partial charge in [-0.05, 0) is 67.7 Å². The Hall–Kier alpha value is -6.54. The molecule has 0 bridgehead atoms. The lowest BCUT2D eigenvalue weighted by Crippen LogP contribution is -2.40. The molecule has 0 saturated carbocycles. The van der Waals surface area contributed by atoms with Crippen molar-refractivity contribution in [3.8, 4) is 0 Å². The lowest BCUT2D eigenvalue weighted by molar-refractivity contribution is 0.0583. The predicted octanol–water partition coefficient (Wildman–Crippen LogP) is 6.95. The fourth-order valence-electron chi connectivity index (χ4n) is 7.42. The maximum absolute atomic E-state index is 13.9. The highest BCUT2D eigenvalue weighted by molar-refractivity contribution is 6.41. The summed E-state index contributed by atoms with van der Waals surface area (Å²) in [5.41, 5.74) is 4.16. The normalized spacial score (nSPS) is 14.2. The van der Waals surface area contributed by atoms with Crippen LogP contribution < -0.4 is 0 Å². The molecule has 228 valence electrons. The fourth-order valence-corrected chi connectivity index (χ4v) is 7.42. The Bertz CT molecular complexity index is 2320. The molecule has 2 aliphatic rings. The number of aldehydes is 2. The summed E-state index contributed by atoms with van der Waals surface area (Å²) in [6.07, 6.45) is 1.48. The maximum Gasteiger partial charge on any atom is 0.261 e. The van der Waals surface area contributed by atoms with Gasteiger partial charge in [0.05, 0.1) is 13.1 Å². The summed E-state index contributed by atoms with van der Waals surface area (Å²) >= 11 is 0. The van der Waals surface area contributed by atoms with E-state index in [9.17, 15) is 28.8 Å². The molecule has 0 unspecified atom stereocenters. The van der Waals surface area contributed by atoms with E-state index in [4.69, 9.17) is 0 Å². The van der Waals surface area contributed by atoms with Crippen LogP contribution in [-0.2, 0) is 13.1 Å². The van der Waals surface area contributed by atoms with Crippen LogP contribution in [0.25, 0.3) is 43.1 Å². The molecule has 0 aliphatic carbocycles. The molecule has 2 aliphatic heterocycles. The summed E-state index contributed by atoms with van der Waals surface area (Å²) in [5.74, 6) is -1.60. The fraction of sp³-hybridized carbons (Fsp3) is 0.0500. The van der Waals surface area contributed by atoms with Crippen molar-refractivity contribution < 1.29 is 28.8 Å². The number of nitrogens with zero attached hydrogens (tertiary/aromatic N) is 2. The number of benzene rings is 7. The van der Waals surface area contributed by atoms with Gasteiger partial charge in [-0.2, -0.15) is 0 Å². The van der Waals surface area contributed by atoms with Crippen molar-refractivity contribution in [2.45, 2.75) is 13.1 Å². The molecule has 4 amide bonds. The van der Waals surface area contributed by atoms with Gasteiger partial charge in [0.25, 0.3) is 23.6 Å². The second-order valence-electron chi connectivity index (χ2n) is 12.3. The highest BCUT2D eigenvalue weighted by Crippen LogP contribution is 2.46. The molecule has 0 saturated heterocycles. The molecular weight excluding hydrogens is 604 g/mol. The van der Waals surface area contributed by atoms with Crippen molar-refractivity contribution in [1.82, 2.24) is 9.80 Å². The van der Waals surface area contributed by atoms with Gasteiger partial charge in [0.1, 0.15) is 12.6 Å². The third-order valence-electron chi connectivity index (χ3n) is 9.72. The number of amides is 4. The zero-order chi connectivity index (χ0) is 32.8. The van der Waals surface area contributed by atoms with E-state index in [1.807, 2.05) is 24.3 Å². The monoisotopic (exact) mass is 626 g/mol. The van der Waals surface area contributed by atoms with Gasteiger partial charge in [-0.3, -0.25) is 38.6 Å². The van der Waals surface area contributed by atoms with Crippen molar-refractivity contribution >= 4 is 79.3 Å². The van der Waals surface area contributed by atoms with Crippen LogP contribution in [0.4, 0.5) is 0 Å². The number of fused-ring (bicyclic) bond motifs is 2. The van der Waals surface area contributed by atoms with Crippen molar-refractivity contribution in [1.29, 1.82) is 0 Å². The van der Waals surface area contributed by atoms with Gasteiger partial charge >= 0.3 is 0 Å². The number of carbonyl (C=O) groups excluding carboxylic acids is 6. The standard InChI is InChI=1S/C40H22N2O6/c43-19-23-5-1-21(2-6-23)17-41-37(45)29-13-9-25-27-11-15-31-36-32(40(48)42(39(31)47)18-22-3-7-24(20-44)8-4-22)16-12-28(34(27)36)26-10-14-30(38(41)46)35(29)33(25)26/h1-16,19-20H,17-18H2. The van der Waals surface area contributed by atoms with Gasteiger partial charge in [-0.1, -0.05) is 72.8 Å². The van der Waals surface area contributed by atoms with Crippen LogP contribution in [0.15, 0.2) is 97.1 Å². The van der Waals surface area contributed by atoms with Gasteiger partial charge in [0.15, 0.2) is 0 Å². The Balaban J connectivity index is 1.19. The van der Waals surface area contributed by atoms with Gasteiger partial charge in [-0.25, -0.2) is 0 Å². The number of hydrogen-bond donors (Lipinski definition) is 0. The molecule has 0 aromatic heterocycles. The first kappa shape index (κ1) is 27.7. The van der Waals surface area contributed by atoms with Gasteiger partial charge < -0.3 is 0 Å². The predicted molar refractivity (Wildman–Crippen MR) is 180 cm³/mol. The summed E-state index contributed by atoms with van der Waals surface area (Å²) in [4.78, 5) is 80.1.